The third kappa shape index (κ3) is 1.32. The van der Waals surface area contributed by atoms with Crippen LogP contribution in [0.3, 0.4) is 0 Å². The van der Waals surface area contributed by atoms with Crippen LogP contribution < -0.4 is 0 Å². The predicted octanol–water partition coefficient (Wildman–Crippen LogP) is 2.36. The Balaban J connectivity index is 3.05. The minimum atomic E-state index is 0.0388. The molecular weight excluding hydrogens is 148 g/mol. The Hall–Kier alpha value is -0.500. The minimum absolute atomic E-state index is 0.0388. The zero-order chi connectivity index (χ0) is 7.78. The molecule has 0 aromatic carbocycles. The molecule has 0 spiro atoms. The van der Waals surface area contributed by atoms with E-state index in [0.717, 1.165) is 5.69 Å². The molecule has 0 radical (unpaired) electrons. The highest BCUT2D eigenvalue weighted by Crippen LogP contribution is 2.25. The van der Waals surface area contributed by atoms with Gasteiger partial charge in [-0.3, -0.25) is 0 Å². The predicted molar refractivity (Wildman–Crippen MR) is 42.3 cm³/mol. The lowest BCUT2D eigenvalue weighted by atomic mass is 9.93. The summed E-state index contributed by atoms with van der Waals surface area (Å²) in [7, 11) is 0. The summed E-state index contributed by atoms with van der Waals surface area (Å²) in [6.07, 6.45) is 1.61. The van der Waals surface area contributed by atoms with Crippen molar-refractivity contribution in [3.63, 3.8) is 0 Å². The lowest BCUT2D eigenvalue weighted by Crippen LogP contribution is -2.11. The quantitative estimate of drug-likeness (QED) is 0.617. The first-order valence-electron chi connectivity index (χ1n) is 3.21. The van der Waals surface area contributed by atoms with Gasteiger partial charge in [-0.15, -0.1) is 0 Å². The zero-order valence-electron chi connectivity index (χ0n) is 6.40. The summed E-state index contributed by atoms with van der Waals surface area (Å²) in [6.45, 7) is 6.24. The van der Waals surface area contributed by atoms with Crippen molar-refractivity contribution >= 4 is 11.6 Å². The number of nitrogens with one attached hydrogen (secondary N) is 1. The number of hydrogen-bond donors (Lipinski definition) is 1. The number of nitrogens with zero attached hydrogens (tertiary/aromatic N) is 1. The van der Waals surface area contributed by atoms with Crippen molar-refractivity contribution in [2.75, 3.05) is 0 Å². The van der Waals surface area contributed by atoms with E-state index in [1.165, 1.54) is 0 Å². The van der Waals surface area contributed by atoms with Crippen LogP contribution >= 0.6 is 11.6 Å². The molecule has 56 valence electrons. The maximum Gasteiger partial charge on any atom is 0.129 e. The Kier molecular flexibility index (Phi) is 1.73. The van der Waals surface area contributed by atoms with Crippen molar-refractivity contribution in [1.82, 2.24) is 9.97 Å². The Bertz CT molecular complexity index is 222. The molecule has 0 aliphatic rings. The molecule has 1 heterocycles. The molecule has 0 aliphatic heterocycles. The van der Waals surface area contributed by atoms with E-state index in [0.29, 0.717) is 5.15 Å². The summed E-state index contributed by atoms with van der Waals surface area (Å²) in [5.41, 5.74) is 0.964. The van der Waals surface area contributed by atoms with Gasteiger partial charge in [0.15, 0.2) is 0 Å². The number of aromatic nitrogens is 2. The Morgan fingerprint density at radius 3 is 2.30 bits per heavy atom. The summed E-state index contributed by atoms with van der Waals surface area (Å²) in [4.78, 5) is 6.93. The van der Waals surface area contributed by atoms with Crippen LogP contribution in [-0.4, -0.2) is 9.97 Å². The van der Waals surface area contributed by atoms with E-state index in [1.54, 1.807) is 6.33 Å². The molecule has 0 aliphatic carbocycles. The number of imidazole rings is 1. The molecule has 0 bridgehead atoms. The van der Waals surface area contributed by atoms with Crippen LogP contribution in [0.25, 0.3) is 0 Å². The minimum Gasteiger partial charge on any atom is -0.335 e. The first-order valence-corrected chi connectivity index (χ1v) is 3.59. The van der Waals surface area contributed by atoms with Crippen molar-refractivity contribution in [3.8, 4) is 0 Å². The van der Waals surface area contributed by atoms with E-state index < -0.39 is 0 Å². The van der Waals surface area contributed by atoms with Crippen LogP contribution in [0, 0.1) is 0 Å². The number of halogens is 1. The average Bonchev–Trinajstić information content (AvgIpc) is 2.11. The van der Waals surface area contributed by atoms with E-state index >= 15 is 0 Å². The molecule has 1 aromatic heterocycles. The standard InChI is InChI=1S/C7H11ClN2/c1-7(2,3)5-6(8)10-4-9-5/h4H,1-3H3,(H,9,10). The molecule has 0 unspecified atom stereocenters. The van der Waals surface area contributed by atoms with Gasteiger partial charge in [0.2, 0.25) is 0 Å². The van der Waals surface area contributed by atoms with E-state index in [4.69, 9.17) is 11.6 Å². The fourth-order valence-electron chi connectivity index (χ4n) is 0.801. The lowest BCUT2D eigenvalue weighted by Gasteiger charge is -2.14. The highest BCUT2D eigenvalue weighted by molar-refractivity contribution is 6.30. The molecular formula is C7H11ClN2. The second kappa shape index (κ2) is 2.27. The molecule has 10 heavy (non-hydrogen) atoms. The summed E-state index contributed by atoms with van der Waals surface area (Å²) >= 11 is 5.81. The fraction of sp³-hybridized carbons (Fsp3) is 0.571. The van der Waals surface area contributed by atoms with Gasteiger partial charge in [-0.1, -0.05) is 32.4 Å². The Labute approximate surface area is 65.6 Å². The topological polar surface area (TPSA) is 28.7 Å². The number of rotatable bonds is 0. The smallest absolute Gasteiger partial charge is 0.129 e. The van der Waals surface area contributed by atoms with E-state index in [1.807, 2.05) is 0 Å². The summed E-state index contributed by atoms with van der Waals surface area (Å²) in [5.74, 6) is 0. The SMILES string of the molecule is CC(C)(C)c1nc[nH]c1Cl. The Morgan fingerprint density at radius 2 is 2.10 bits per heavy atom. The van der Waals surface area contributed by atoms with Crippen molar-refractivity contribution in [3.05, 3.63) is 17.2 Å². The molecule has 1 N–H and O–H groups in total. The highest BCUT2D eigenvalue weighted by atomic mass is 35.5. The van der Waals surface area contributed by atoms with E-state index in [-0.39, 0.29) is 5.41 Å². The number of aromatic amines is 1. The molecule has 0 amide bonds. The van der Waals surface area contributed by atoms with Crippen LogP contribution in [0.1, 0.15) is 26.5 Å². The van der Waals surface area contributed by atoms with Gasteiger partial charge in [0, 0.05) is 5.41 Å². The summed E-state index contributed by atoms with van der Waals surface area (Å²) in [5, 5.41) is 0.646. The second-order valence-electron chi connectivity index (χ2n) is 3.32. The fourth-order valence-corrected chi connectivity index (χ4v) is 1.18. The van der Waals surface area contributed by atoms with Gasteiger partial charge in [-0.25, -0.2) is 4.98 Å². The van der Waals surface area contributed by atoms with Gasteiger partial charge in [-0.2, -0.15) is 0 Å². The summed E-state index contributed by atoms with van der Waals surface area (Å²) < 4.78 is 0. The number of hydrogen-bond acceptors (Lipinski definition) is 1. The number of H-pyrrole nitrogens is 1. The van der Waals surface area contributed by atoms with Gasteiger partial charge < -0.3 is 4.98 Å². The molecule has 0 atom stereocenters. The van der Waals surface area contributed by atoms with Crippen LogP contribution in [-0.2, 0) is 5.41 Å². The molecule has 1 aromatic rings. The van der Waals surface area contributed by atoms with Gasteiger partial charge in [-0.05, 0) is 0 Å². The third-order valence-corrected chi connectivity index (χ3v) is 1.59. The lowest BCUT2D eigenvalue weighted by molar-refractivity contribution is 0.572. The maximum absolute atomic E-state index is 5.81. The van der Waals surface area contributed by atoms with Gasteiger partial charge in [0.05, 0.1) is 12.0 Å². The zero-order valence-corrected chi connectivity index (χ0v) is 7.16. The van der Waals surface area contributed by atoms with Crippen LogP contribution in [0.5, 0.6) is 0 Å². The largest absolute Gasteiger partial charge is 0.335 e. The Morgan fingerprint density at radius 1 is 1.50 bits per heavy atom. The molecule has 3 heteroatoms. The maximum atomic E-state index is 5.81. The van der Waals surface area contributed by atoms with Crippen molar-refractivity contribution < 1.29 is 0 Å². The van der Waals surface area contributed by atoms with Gasteiger partial charge in [0.25, 0.3) is 0 Å². The van der Waals surface area contributed by atoms with Crippen LogP contribution in [0.15, 0.2) is 6.33 Å². The average molecular weight is 159 g/mol. The normalized spacial score (nSPS) is 12.0. The first kappa shape index (κ1) is 7.61. The monoisotopic (exact) mass is 158 g/mol. The van der Waals surface area contributed by atoms with Crippen molar-refractivity contribution in [2.45, 2.75) is 26.2 Å². The van der Waals surface area contributed by atoms with E-state index in [2.05, 4.69) is 30.7 Å². The van der Waals surface area contributed by atoms with Crippen molar-refractivity contribution in [2.24, 2.45) is 0 Å². The molecule has 1 rings (SSSR count). The van der Waals surface area contributed by atoms with Crippen LogP contribution in [0.4, 0.5) is 0 Å². The third-order valence-electron chi connectivity index (χ3n) is 1.30. The molecule has 2 nitrogen and oxygen atoms in total. The summed E-state index contributed by atoms with van der Waals surface area (Å²) in [6, 6.07) is 0. The highest BCUT2D eigenvalue weighted by Gasteiger charge is 2.19. The molecule has 0 fully saturated rings. The first-order chi connectivity index (χ1) is 4.52. The second-order valence-corrected chi connectivity index (χ2v) is 3.69. The molecule has 0 saturated heterocycles. The molecule has 0 saturated carbocycles. The van der Waals surface area contributed by atoms with Crippen LogP contribution in [0.2, 0.25) is 5.15 Å². The van der Waals surface area contributed by atoms with E-state index in [9.17, 15) is 0 Å². The van der Waals surface area contributed by atoms with Crippen molar-refractivity contribution in [1.29, 1.82) is 0 Å². The van der Waals surface area contributed by atoms with Gasteiger partial charge >= 0.3 is 0 Å². The van der Waals surface area contributed by atoms with Gasteiger partial charge in [0.1, 0.15) is 5.15 Å².